The Hall–Kier alpha value is -0.990. The summed E-state index contributed by atoms with van der Waals surface area (Å²) in [5.74, 6) is -0.791. The second-order valence-electron chi connectivity index (χ2n) is 14.7. The van der Waals surface area contributed by atoms with Crippen molar-refractivity contribution >= 4 is 19.8 Å². The largest absolute Gasteiger partial charge is 0.472 e. The highest BCUT2D eigenvalue weighted by Crippen LogP contribution is 2.43. The van der Waals surface area contributed by atoms with Crippen LogP contribution in [-0.4, -0.2) is 74.9 Å². The van der Waals surface area contributed by atoms with Crippen molar-refractivity contribution in [2.24, 2.45) is 0 Å². The summed E-state index contributed by atoms with van der Waals surface area (Å²) in [4.78, 5) is 35.1. The number of phosphoric ester groups is 1. The van der Waals surface area contributed by atoms with Gasteiger partial charge in [-0.25, -0.2) is 4.57 Å². The minimum Gasteiger partial charge on any atom is -0.462 e. The number of hydrogen-bond donors (Lipinski definition) is 1. The zero-order valence-corrected chi connectivity index (χ0v) is 32.9. The fraction of sp³-hybridized carbons (Fsp3) is 0.947. The number of likely N-dealkylation sites (N-methyl/N-ethyl adjacent to an activating group) is 1. The molecule has 1 unspecified atom stereocenters. The number of ether oxygens (including phenoxy) is 2. The van der Waals surface area contributed by atoms with Gasteiger partial charge in [0.25, 0.3) is 0 Å². The molecule has 10 heteroatoms. The SMILES string of the molecule is CCCCCCCCCCCCCCCCC(=O)O[C@H](COC(=O)CCCCCCCCCCCC)COP(=O)(O)OCC[N+](C)(C)C. The van der Waals surface area contributed by atoms with E-state index in [1.54, 1.807) is 0 Å². The quantitative estimate of drug-likeness (QED) is 0.0297. The van der Waals surface area contributed by atoms with Gasteiger partial charge in [0, 0.05) is 12.8 Å². The van der Waals surface area contributed by atoms with Crippen LogP contribution in [0.1, 0.15) is 181 Å². The molecule has 0 amide bonds. The number of carbonyl (C=O) groups is 2. The average Bonchev–Trinajstić information content (AvgIpc) is 3.02. The Morgan fingerprint density at radius 3 is 1.33 bits per heavy atom. The highest BCUT2D eigenvalue weighted by Gasteiger charge is 2.27. The lowest BCUT2D eigenvalue weighted by Gasteiger charge is -2.24. The Morgan fingerprint density at radius 1 is 0.562 bits per heavy atom. The Balaban J connectivity index is 4.39. The Bertz CT molecular complexity index is 804. The maximum atomic E-state index is 12.6. The van der Waals surface area contributed by atoms with E-state index in [9.17, 15) is 19.0 Å². The van der Waals surface area contributed by atoms with Crippen LogP contribution in [-0.2, 0) is 32.7 Å². The van der Waals surface area contributed by atoms with Gasteiger partial charge in [-0.2, -0.15) is 0 Å². The van der Waals surface area contributed by atoms with Crippen LogP contribution in [0.3, 0.4) is 0 Å². The highest BCUT2D eigenvalue weighted by molar-refractivity contribution is 7.47. The molecule has 0 aliphatic heterocycles. The van der Waals surface area contributed by atoms with Gasteiger partial charge in [-0.05, 0) is 12.8 Å². The van der Waals surface area contributed by atoms with Crippen LogP contribution in [0.15, 0.2) is 0 Å². The molecule has 0 radical (unpaired) electrons. The molecule has 0 heterocycles. The number of quaternary nitrogens is 1. The third-order valence-electron chi connectivity index (χ3n) is 8.64. The van der Waals surface area contributed by atoms with E-state index in [4.69, 9.17) is 18.5 Å². The zero-order valence-electron chi connectivity index (χ0n) is 32.0. The van der Waals surface area contributed by atoms with Gasteiger partial charge in [0.15, 0.2) is 6.10 Å². The smallest absolute Gasteiger partial charge is 0.462 e. The van der Waals surface area contributed by atoms with Gasteiger partial charge in [-0.15, -0.1) is 0 Å². The number of carbonyl (C=O) groups excluding carboxylic acids is 2. The van der Waals surface area contributed by atoms with Crippen LogP contribution in [0.2, 0.25) is 0 Å². The minimum absolute atomic E-state index is 0.0364. The predicted molar refractivity (Wildman–Crippen MR) is 197 cm³/mol. The first kappa shape index (κ1) is 47.0. The van der Waals surface area contributed by atoms with Crippen LogP contribution in [0.4, 0.5) is 0 Å². The maximum absolute atomic E-state index is 12.6. The van der Waals surface area contributed by atoms with Crippen LogP contribution in [0.25, 0.3) is 0 Å². The lowest BCUT2D eigenvalue weighted by molar-refractivity contribution is -0.870. The van der Waals surface area contributed by atoms with E-state index < -0.39 is 26.5 Å². The molecule has 0 aliphatic rings. The van der Waals surface area contributed by atoms with Crippen molar-refractivity contribution in [3.63, 3.8) is 0 Å². The van der Waals surface area contributed by atoms with Gasteiger partial charge in [0.2, 0.25) is 0 Å². The zero-order chi connectivity index (χ0) is 35.8. The van der Waals surface area contributed by atoms with Crippen molar-refractivity contribution in [2.45, 2.75) is 187 Å². The second kappa shape index (κ2) is 32.0. The molecule has 0 aromatic carbocycles. The highest BCUT2D eigenvalue weighted by atomic mass is 31.2. The van der Waals surface area contributed by atoms with Crippen molar-refractivity contribution in [1.29, 1.82) is 0 Å². The number of rotatable bonds is 36. The molecule has 9 nitrogen and oxygen atoms in total. The molecular weight excluding hydrogens is 629 g/mol. The van der Waals surface area contributed by atoms with Gasteiger partial charge in [-0.3, -0.25) is 18.6 Å². The fourth-order valence-electron chi connectivity index (χ4n) is 5.48. The minimum atomic E-state index is -4.36. The first-order valence-electron chi connectivity index (χ1n) is 19.8. The number of phosphoric acid groups is 1. The van der Waals surface area contributed by atoms with Crippen LogP contribution < -0.4 is 0 Å². The third kappa shape index (κ3) is 34.9. The summed E-state index contributed by atoms with van der Waals surface area (Å²) in [6.07, 6.45) is 28.6. The first-order valence-corrected chi connectivity index (χ1v) is 21.3. The third-order valence-corrected chi connectivity index (χ3v) is 9.62. The Labute approximate surface area is 295 Å². The van der Waals surface area contributed by atoms with Crippen molar-refractivity contribution in [3.8, 4) is 0 Å². The summed E-state index contributed by atoms with van der Waals surface area (Å²) in [6, 6.07) is 0. The number of nitrogens with zero attached hydrogens (tertiary/aromatic N) is 1. The molecule has 0 saturated carbocycles. The van der Waals surface area contributed by atoms with Crippen LogP contribution in [0.5, 0.6) is 0 Å². The topological polar surface area (TPSA) is 108 Å². The van der Waals surface area contributed by atoms with Crippen molar-refractivity contribution in [1.82, 2.24) is 0 Å². The van der Waals surface area contributed by atoms with Gasteiger partial charge in [0.05, 0.1) is 27.7 Å². The monoisotopic (exact) mass is 707 g/mol. The number of unbranched alkanes of at least 4 members (excludes halogenated alkanes) is 22. The molecule has 0 spiro atoms. The van der Waals surface area contributed by atoms with E-state index in [1.165, 1.54) is 116 Å². The Morgan fingerprint density at radius 2 is 0.938 bits per heavy atom. The second-order valence-corrected chi connectivity index (χ2v) is 16.1. The summed E-state index contributed by atoms with van der Waals surface area (Å²) in [5.41, 5.74) is 0. The lowest BCUT2D eigenvalue weighted by Crippen LogP contribution is -2.37. The van der Waals surface area contributed by atoms with E-state index in [2.05, 4.69) is 13.8 Å². The molecular formula is C38H77NO8P+. The molecule has 0 rings (SSSR count). The molecule has 0 fully saturated rings. The molecule has 286 valence electrons. The van der Waals surface area contributed by atoms with Crippen molar-refractivity contribution in [2.75, 3.05) is 47.5 Å². The van der Waals surface area contributed by atoms with E-state index in [0.717, 1.165) is 38.5 Å². The molecule has 0 aromatic heterocycles. The summed E-state index contributed by atoms with van der Waals surface area (Å²) in [6.45, 7) is 4.42. The molecule has 0 aromatic rings. The average molecular weight is 707 g/mol. The fourth-order valence-corrected chi connectivity index (χ4v) is 6.23. The van der Waals surface area contributed by atoms with Crippen molar-refractivity contribution in [3.05, 3.63) is 0 Å². The molecule has 0 saturated heterocycles. The number of esters is 2. The summed E-state index contributed by atoms with van der Waals surface area (Å²) >= 11 is 0. The molecule has 0 aliphatic carbocycles. The van der Waals surface area contributed by atoms with E-state index in [-0.39, 0.29) is 25.6 Å². The maximum Gasteiger partial charge on any atom is 0.472 e. The Kier molecular flexibility index (Phi) is 31.3. The van der Waals surface area contributed by atoms with Gasteiger partial charge < -0.3 is 18.9 Å². The van der Waals surface area contributed by atoms with E-state index in [0.29, 0.717) is 17.4 Å². The predicted octanol–water partition coefficient (Wildman–Crippen LogP) is 10.5. The summed E-state index contributed by atoms with van der Waals surface area (Å²) in [5, 5.41) is 0. The summed E-state index contributed by atoms with van der Waals surface area (Å²) < 4.78 is 34.2. The first-order chi connectivity index (χ1) is 23.0. The molecule has 48 heavy (non-hydrogen) atoms. The summed E-state index contributed by atoms with van der Waals surface area (Å²) in [7, 11) is 1.49. The van der Waals surface area contributed by atoms with Crippen molar-refractivity contribution < 1.29 is 42.1 Å². The lowest BCUT2D eigenvalue weighted by atomic mass is 10.0. The molecule has 0 bridgehead atoms. The standard InChI is InChI=1S/C38H76NO8P/c1-6-8-10-12-14-16-18-19-20-21-23-25-27-29-31-38(41)47-36(35-46-48(42,43)45-33-32-39(3,4)5)34-44-37(40)30-28-26-24-22-17-15-13-11-9-7-2/h36H,6-35H2,1-5H3/p+1/t36-/m1/s1. The van der Waals surface area contributed by atoms with Crippen LogP contribution >= 0.6 is 7.82 Å². The van der Waals surface area contributed by atoms with E-state index in [1.807, 2.05) is 21.1 Å². The van der Waals surface area contributed by atoms with Crippen LogP contribution in [0, 0.1) is 0 Å². The van der Waals surface area contributed by atoms with E-state index >= 15 is 0 Å². The van der Waals surface area contributed by atoms with Gasteiger partial charge in [-0.1, -0.05) is 155 Å². The molecule has 2 atom stereocenters. The van der Waals surface area contributed by atoms with Gasteiger partial charge >= 0.3 is 19.8 Å². The normalized spacial score (nSPS) is 13.7. The molecule has 1 N–H and O–H groups in total. The van der Waals surface area contributed by atoms with Gasteiger partial charge in [0.1, 0.15) is 19.8 Å². The number of hydrogen-bond acceptors (Lipinski definition) is 7.